The normalized spacial score (nSPS) is 18.5. The largest absolute Gasteiger partial charge is 0.435 e. The average Bonchev–Trinajstić information content (AvgIpc) is 2.81. The van der Waals surface area contributed by atoms with Gasteiger partial charge in [0.25, 0.3) is 5.91 Å². The highest BCUT2D eigenvalue weighted by molar-refractivity contribution is 5.79. The first-order valence-corrected chi connectivity index (χ1v) is 6.55. The van der Waals surface area contributed by atoms with E-state index in [9.17, 15) is 18.0 Å². The van der Waals surface area contributed by atoms with Crippen LogP contribution in [0.15, 0.2) is 6.07 Å². The summed E-state index contributed by atoms with van der Waals surface area (Å²) in [5.41, 5.74) is 1.95. The van der Waals surface area contributed by atoms with Crippen molar-refractivity contribution < 1.29 is 22.7 Å². The van der Waals surface area contributed by atoms with E-state index in [1.54, 1.807) is 5.01 Å². The highest BCUT2D eigenvalue weighted by atomic mass is 19.4. The van der Waals surface area contributed by atoms with Gasteiger partial charge in [0.05, 0.1) is 13.2 Å². The SMILES string of the molecule is Cc1cc(C(F)(F)F)nn1[C@H](C)C(=O)NN1CCOCC1. The molecular formula is C12H17F3N4O2. The molecule has 0 saturated carbocycles. The van der Waals surface area contributed by atoms with E-state index in [1.165, 1.54) is 13.8 Å². The molecule has 0 spiro atoms. The van der Waals surface area contributed by atoms with Crippen molar-refractivity contribution in [3.05, 3.63) is 17.5 Å². The second kappa shape index (κ2) is 6.02. The quantitative estimate of drug-likeness (QED) is 0.909. The van der Waals surface area contributed by atoms with Crippen molar-refractivity contribution in [1.29, 1.82) is 0 Å². The monoisotopic (exact) mass is 306 g/mol. The summed E-state index contributed by atoms with van der Waals surface area (Å²) in [5.74, 6) is -0.406. The van der Waals surface area contributed by atoms with Crippen LogP contribution in [0.3, 0.4) is 0 Å². The lowest BCUT2D eigenvalue weighted by Gasteiger charge is -2.28. The third-order valence-corrected chi connectivity index (χ3v) is 3.24. The second-order valence-electron chi connectivity index (χ2n) is 4.86. The molecule has 0 radical (unpaired) electrons. The molecule has 1 atom stereocenters. The molecule has 1 fully saturated rings. The number of hydrazine groups is 1. The van der Waals surface area contributed by atoms with Gasteiger partial charge in [0.1, 0.15) is 6.04 Å². The summed E-state index contributed by atoms with van der Waals surface area (Å²) < 4.78 is 44.1. The average molecular weight is 306 g/mol. The summed E-state index contributed by atoms with van der Waals surface area (Å²) in [6.45, 7) is 5.10. The molecule has 1 saturated heterocycles. The summed E-state index contributed by atoms with van der Waals surface area (Å²) in [6, 6.07) is 0.0994. The molecule has 1 aromatic heterocycles. The van der Waals surface area contributed by atoms with Gasteiger partial charge in [-0.3, -0.25) is 14.9 Å². The Morgan fingerprint density at radius 2 is 2.05 bits per heavy atom. The highest BCUT2D eigenvalue weighted by Gasteiger charge is 2.35. The van der Waals surface area contributed by atoms with Gasteiger partial charge in [-0.15, -0.1) is 0 Å². The molecule has 1 N–H and O–H groups in total. The van der Waals surface area contributed by atoms with E-state index in [2.05, 4.69) is 10.5 Å². The molecule has 2 rings (SSSR count). The predicted molar refractivity (Wildman–Crippen MR) is 67.2 cm³/mol. The Labute approximate surface area is 119 Å². The van der Waals surface area contributed by atoms with Crippen molar-refractivity contribution in [2.24, 2.45) is 0 Å². The van der Waals surface area contributed by atoms with Crippen LogP contribution in [0.1, 0.15) is 24.4 Å². The highest BCUT2D eigenvalue weighted by Crippen LogP contribution is 2.29. The van der Waals surface area contributed by atoms with Crippen LogP contribution >= 0.6 is 0 Å². The fourth-order valence-electron chi connectivity index (χ4n) is 2.05. The van der Waals surface area contributed by atoms with Crippen LogP contribution < -0.4 is 5.43 Å². The Morgan fingerprint density at radius 3 is 2.57 bits per heavy atom. The summed E-state index contributed by atoms with van der Waals surface area (Å²) in [6.07, 6.45) is -4.52. The molecule has 1 amide bonds. The zero-order valence-corrected chi connectivity index (χ0v) is 11.8. The van der Waals surface area contributed by atoms with Crippen molar-refractivity contribution in [2.45, 2.75) is 26.1 Å². The molecule has 1 aromatic rings. The lowest BCUT2D eigenvalue weighted by Crippen LogP contribution is -2.50. The number of carbonyl (C=O) groups excluding carboxylic acids is 1. The van der Waals surface area contributed by atoms with E-state index in [-0.39, 0.29) is 5.69 Å². The summed E-state index contributed by atoms with van der Waals surface area (Å²) in [4.78, 5) is 12.1. The molecule has 9 heteroatoms. The van der Waals surface area contributed by atoms with E-state index in [4.69, 9.17) is 4.74 Å². The molecule has 0 aliphatic carbocycles. The van der Waals surface area contributed by atoms with E-state index >= 15 is 0 Å². The minimum atomic E-state index is -4.52. The number of amides is 1. The van der Waals surface area contributed by atoms with Crippen molar-refractivity contribution in [1.82, 2.24) is 20.2 Å². The number of nitrogens with one attached hydrogen (secondary N) is 1. The van der Waals surface area contributed by atoms with Gasteiger partial charge in [-0.1, -0.05) is 0 Å². The van der Waals surface area contributed by atoms with Gasteiger partial charge in [0.15, 0.2) is 5.69 Å². The van der Waals surface area contributed by atoms with Gasteiger partial charge in [-0.25, -0.2) is 5.01 Å². The lowest BCUT2D eigenvalue weighted by atomic mass is 10.3. The molecular weight excluding hydrogens is 289 g/mol. The smallest absolute Gasteiger partial charge is 0.379 e. The van der Waals surface area contributed by atoms with E-state index in [1.807, 2.05) is 0 Å². The minimum absolute atomic E-state index is 0.284. The molecule has 0 aromatic carbocycles. The molecule has 0 bridgehead atoms. The van der Waals surface area contributed by atoms with Gasteiger partial charge in [-0.05, 0) is 19.9 Å². The van der Waals surface area contributed by atoms with E-state index < -0.39 is 23.8 Å². The van der Waals surface area contributed by atoms with Gasteiger partial charge < -0.3 is 4.74 Å². The predicted octanol–water partition coefficient (Wildman–Crippen LogP) is 1.13. The second-order valence-corrected chi connectivity index (χ2v) is 4.86. The van der Waals surface area contributed by atoms with E-state index in [0.29, 0.717) is 26.3 Å². The number of carbonyl (C=O) groups is 1. The number of ether oxygens (including phenoxy) is 1. The van der Waals surface area contributed by atoms with Gasteiger partial charge in [0, 0.05) is 18.8 Å². The van der Waals surface area contributed by atoms with Crippen LogP contribution in [0.4, 0.5) is 13.2 Å². The molecule has 2 heterocycles. The number of nitrogens with zero attached hydrogens (tertiary/aromatic N) is 3. The van der Waals surface area contributed by atoms with Gasteiger partial charge >= 0.3 is 6.18 Å². The van der Waals surface area contributed by atoms with Crippen molar-refractivity contribution in [3.8, 4) is 0 Å². The van der Waals surface area contributed by atoms with Crippen molar-refractivity contribution >= 4 is 5.91 Å². The molecule has 1 aliphatic heterocycles. The molecule has 1 aliphatic rings. The Bertz CT molecular complexity index is 509. The number of alkyl halides is 3. The number of morpholine rings is 1. The number of halogens is 3. The Balaban J connectivity index is 2.06. The van der Waals surface area contributed by atoms with Crippen LogP contribution in [0.2, 0.25) is 0 Å². The molecule has 6 nitrogen and oxygen atoms in total. The fourth-order valence-corrected chi connectivity index (χ4v) is 2.05. The number of aryl methyl sites for hydroxylation is 1. The Hall–Kier alpha value is -1.61. The van der Waals surface area contributed by atoms with E-state index in [0.717, 1.165) is 10.7 Å². The zero-order valence-electron chi connectivity index (χ0n) is 11.8. The molecule has 21 heavy (non-hydrogen) atoms. The van der Waals surface area contributed by atoms with Crippen molar-refractivity contribution in [2.75, 3.05) is 26.3 Å². The molecule has 0 unspecified atom stereocenters. The van der Waals surface area contributed by atoms with Crippen LogP contribution in [0, 0.1) is 6.92 Å². The number of aromatic nitrogens is 2. The first-order valence-electron chi connectivity index (χ1n) is 6.55. The summed E-state index contributed by atoms with van der Waals surface area (Å²) in [5, 5.41) is 5.17. The van der Waals surface area contributed by atoms with Crippen LogP contribution in [0.5, 0.6) is 0 Å². The maximum absolute atomic E-state index is 12.6. The standard InChI is InChI=1S/C12H17F3N4O2/c1-8-7-10(12(13,14)15)16-19(8)9(2)11(20)17-18-3-5-21-6-4-18/h7,9H,3-6H2,1-2H3,(H,17,20)/t9-/m1/s1. The maximum atomic E-state index is 12.6. The van der Waals surface area contributed by atoms with Crippen molar-refractivity contribution in [3.63, 3.8) is 0 Å². The van der Waals surface area contributed by atoms with Gasteiger partial charge in [-0.2, -0.15) is 18.3 Å². The lowest BCUT2D eigenvalue weighted by molar-refractivity contribution is -0.142. The summed E-state index contributed by atoms with van der Waals surface area (Å²) in [7, 11) is 0. The van der Waals surface area contributed by atoms with Crippen LogP contribution in [-0.2, 0) is 15.7 Å². The zero-order chi connectivity index (χ0) is 15.6. The number of rotatable bonds is 3. The maximum Gasteiger partial charge on any atom is 0.435 e. The fraction of sp³-hybridized carbons (Fsp3) is 0.667. The Morgan fingerprint density at radius 1 is 1.43 bits per heavy atom. The number of hydrogen-bond acceptors (Lipinski definition) is 4. The number of hydrogen-bond donors (Lipinski definition) is 1. The first kappa shape index (κ1) is 15.8. The third kappa shape index (κ3) is 3.73. The minimum Gasteiger partial charge on any atom is -0.379 e. The molecule has 118 valence electrons. The Kier molecular flexibility index (Phi) is 4.52. The first-order chi connectivity index (χ1) is 9.79. The van der Waals surface area contributed by atoms with Crippen LogP contribution in [-0.4, -0.2) is 47.0 Å². The topological polar surface area (TPSA) is 59.4 Å². The summed E-state index contributed by atoms with van der Waals surface area (Å²) >= 11 is 0. The van der Waals surface area contributed by atoms with Crippen LogP contribution in [0.25, 0.3) is 0 Å². The third-order valence-electron chi connectivity index (χ3n) is 3.24. The van der Waals surface area contributed by atoms with Gasteiger partial charge in [0.2, 0.25) is 0 Å².